The van der Waals surface area contributed by atoms with Gasteiger partial charge in [-0.25, -0.2) is 0 Å². The molecule has 1 aromatic carbocycles. The zero-order chi connectivity index (χ0) is 20.2. The van der Waals surface area contributed by atoms with E-state index < -0.39 is 6.10 Å². The van der Waals surface area contributed by atoms with E-state index in [0.717, 1.165) is 44.1 Å². The molecule has 5 nitrogen and oxygen atoms in total. The lowest BCUT2D eigenvalue weighted by molar-refractivity contribution is -0.134. The molecule has 0 amide bonds. The number of carbonyl (C=O) groups is 2. The molecular weight excluding hydrogens is 356 g/mol. The summed E-state index contributed by atoms with van der Waals surface area (Å²) in [6, 6.07) is 3.62. The number of ether oxygens (including phenoxy) is 1. The first-order valence-corrected chi connectivity index (χ1v) is 10.4. The van der Waals surface area contributed by atoms with E-state index in [1.807, 2.05) is 6.07 Å². The molecule has 28 heavy (non-hydrogen) atoms. The average Bonchev–Trinajstić information content (AvgIpc) is 2.95. The third kappa shape index (κ3) is 2.86. The summed E-state index contributed by atoms with van der Waals surface area (Å²) in [4.78, 5) is 23.7. The Morgan fingerprint density at radius 1 is 1.14 bits per heavy atom. The van der Waals surface area contributed by atoms with Gasteiger partial charge in [0.1, 0.15) is 0 Å². The Kier molecular flexibility index (Phi) is 4.77. The van der Waals surface area contributed by atoms with Crippen LogP contribution in [0.2, 0.25) is 0 Å². The van der Waals surface area contributed by atoms with E-state index in [1.165, 1.54) is 19.4 Å². The van der Waals surface area contributed by atoms with Crippen LogP contribution in [0.3, 0.4) is 0 Å². The Balaban J connectivity index is 1.69. The number of aliphatic hydroxyl groups excluding tert-OH is 1. The first kappa shape index (κ1) is 19.4. The van der Waals surface area contributed by atoms with Crippen LogP contribution in [0.25, 0.3) is 0 Å². The lowest BCUT2D eigenvalue weighted by atomic mass is 9.55. The zero-order valence-corrected chi connectivity index (χ0v) is 16.9. The van der Waals surface area contributed by atoms with Crippen molar-refractivity contribution in [3.63, 3.8) is 0 Å². The van der Waals surface area contributed by atoms with Crippen LogP contribution in [-0.2, 0) is 16.0 Å². The van der Waals surface area contributed by atoms with Crippen LogP contribution in [0.5, 0.6) is 11.5 Å². The highest BCUT2D eigenvalue weighted by atomic mass is 16.5. The maximum atomic E-state index is 11.8. The second-order valence-corrected chi connectivity index (χ2v) is 9.25. The largest absolute Gasteiger partial charge is 0.504 e. The maximum Gasteiger partial charge on any atom is 0.214 e. The fourth-order valence-electron chi connectivity index (χ4n) is 6.30. The highest BCUT2D eigenvalue weighted by Crippen LogP contribution is 2.61. The standard InChI is InChI=1S/C23H30O5/c1-12(24)21(13(2)25)28-22-17-5-4-16-15(14(17)6-8-19(22)26)10-11-23(3)18(16)7-9-20(23)27/h6,8,15-16,18,20-21,26-27H,4-5,7,9-11H2,1-3H3/t15-,16-,18+,20+,23+/m1/s1. The van der Waals surface area contributed by atoms with Crippen molar-refractivity contribution < 1.29 is 24.5 Å². The van der Waals surface area contributed by atoms with Crippen LogP contribution < -0.4 is 4.74 Å². The monoisotopic (exact) mass is 386 g/mol. The summed E-state index contributed by atoms with van der Waals surface area (Å²) >= 11 is 0. The van der Waals surface area contributed by atoms with Crippen molar-refractivity contribution in [2.45, 2.75) is 77.4 Å². The van der Waals surface area contributed by atoms with E-state index >= 15 is 0 Å². The van der Waals surface area contributed by atoms with Gasteiger partial charge in [0.25, 0.3) is 0 Å². The van der Waals surface area contributed by atoms with Crippen molar-refractivity contribution in [2.24, 2.45) is 17.3 Å². The number of aliphatic hydroxyl groups is 1. The Morgan fingerprint density at radius 3 is 2.54 bits per heavy atom. The van der Waals surface area contributed by atoms with Crippen LogP contribution in [0, 0.1) is 17.3 Å². The van der Waals surface area contributed by atoms with Crippen molar-refractivity contribution in [1.82, 2.24) is 0 Å². The summed E-state index contributed by atoms with van der Waals surface area (Å²) in [5.41, 5.74) is 2.14. The van der Waals surface area contributed by atoms with Gasteiger partial charge in [-0.3, -0.25) is 9.59 Å². The predicted molar refractivity (Wildman–Crippen MR) is 105 cm³/mol. The van der Waals surface area contributed by atoms with Gasteiger partial charge in [0.15, 0.2) is 23.1 Å². The van der Waals surface area contributed by atoms with Crippen molar-refractivity contribution in [1.29, 1.82) is 0 Å². The number of hydrogen-bond donors (Lipinski definition) is 2. The lowest BCUT2D eigenvalue weighted by Gasteiger charge is -2.50. The van der Waals surface area contributed by atoms with Crippen molar-refractivity contribution in [3.8, 4) is 11.5 Å². The number of benzene rings is 1. The molecule has 2 fully saturated rings. The summed E-state index contributed by atoms with van der Waals surface area (Å²) in [6.45, 7) is 4.92. The number of hydrogen-bond acceptors (Lipinski definition) is 5. The van der Waals surface area contributed by atoms with Crippen molar-refractivity contribution in [2.75, 3.05) is 0 Å². The molecule has 0 aromatic heterocycles. The minimum Gasteiger partial charge on any atom is -0.504 e. The fraction of sp³-hybridized carbons (Fsp3) is 0.652. The van der Waals surface area contributed by atoms with Gasteiger partial charge in [0.2, 0.25) is 6.10 Å². The summed E-state index contributed by atoms with van der Waals surface area (Å²) in [7, 11) is 0. The molecule has 2 N–H and O–H groups in total. The quantitative estimate of drug-likeness (QED) is 0.774. The highest BCUT2D eigenvalue weighted by Gasteiger charge is 2.54. The van der Waals surface area contributed by atoms with E-state index in [9.17, 15) is 19.8 Å². The van der Waals surface area contributed by atoms with E-state index in [-0.39, 0.29) is 28.8 Å². The molecule has 0 radical (unpaired) electrons. The van der Waals surface area contributed by atoms with E-state index in [4.69, 9.17) is 4.74 Å². The summed E-state index contributed by atoms with van der Waals surface area (Å²) in [6.07, 6.45) is 4.34. The summed E-state index contributed by atoms with van der Waals surface area (Å²) in [5, 5.41) is 21.0. The SMILES string of the molecule is CC(=O)C(Oc1c(O)ccc2c1CC[C@@H]1[C@@H]2CC[C@]2(C)[C@@H](O)CC[C@@H]12)C(C)=O. The normalized spacial score (nSPS) is 33.8. The third-order valence-corrected chi connectivity index (χ3v) is 7.76. The molecule has 0 spiro atoms. The van der Waals surface area contributed by atoms with Gasteiger partial charge >= 0.3 is 0 Å². The van der Waals surface area contributed by atoms with Gasteiger partial charge in [-0.1, -0.05) is 13.0 Å². The molecule has 0 aliphatic heterocycles. The van der Waals surface area contributed by atoms with Crippen LogP contribution in [-0.4, -0.2) is 34.0 Å². The molecule has 0 saturated heterocycles. The van der Waals surface area contributed by atoms with Crippen LogP contribution in [0.1, 0.15) is 69.9 Å². The van der Waals surface area contributed by atoms with Crippen LogP contribution in [0.4, 0.5) is 0 Å². The number of ketones is 2. The Labute approximate surface area is 166 Å². The predicted octanol–water partition coefficient (Wildman–Crippen LogP) is 3.53. The summed E-state index contributed by atoms with van der Waals surface area (Å²) in [5.74, 6) is 1.00. The van der Waals surface area contributed by atoms with Gasteiger partial charge in [-0.05, 0) is 87.2 Å². The van der Waals surface area contributed by atoms with E-state index in [0.29, 0.717) is 23.5 Å². The van der Waals surface area contributed by atoms with Crippen molar-refractivity contribution >= 4 is 11.6 Å². The fourth-order valence-corrected chi connectivity index (χ4v) is 6.30. The Hall–Kier alpha value is -1.88. The van der Waals surface area contributed by atoms with Gasteiger partial charge in [0.05, 0.1) is 6.10 Å². The zero-order valence-electron chi connectivity index (χ0n) is 16.9. The van der Waals surface area contributed by atoms with Crippen LogP contribution in [0.15, 0.2) is 12.1 Å². The third-order valence-electron chi connectivity index (χ3n) is 7.76. The number of phenolic OH excluding ortho intramolecular Hbond substituents is 1. The number of aromatic hydroxyl groups is 1. The Bertz CT molecular complexity index is 801. The molecule has 2 saturated carbocycles. The molecule has 3 aliphatic carbocycles. The molecule has 0 bridgehead atoms. The number of fused-ring (bicyclic) bond motifs is 5. The van der Waals surface area contributed by atoms with E-state index in [2.05, 4.69) is 6.92 Å². The second kappa shape index (κ2) is 6.87. The topological polar surface area (TPSA) is 83.8 Å². The maximum absolute atomic E-state index is 11.8. The molecule has 0 unspecified atom stereocenters. The van der Waals surface area contributed by atoms with Gasteiger partial charge < -0.3 is 14.9 Å². The van der Waals surface area contributed by atoms with Gasteiger partial charge in [0, 0.05) is 5.56 Å². The molecule has 5 heteroatoms. The molecular formula is C23H30O5. The van der Waals surface area contributed by atoms with Gasteiger partial charge in [-0.15, -0.1) is 0 Å². The molecule has 0 heterocycles. The number of carbonyl (C=O) groups excluding carboxylic acids is 2. The number of Topliss-reactive ketones (excluding diaryl/α,β-unsaturated/α-hetero) is 2. The lowest BCUT2D eigenvalue weighted by Crippen LogP contribution is -2.44. The molecule has 5 atom stereocenters. The number of rotatable bonds is 4. The van der Waals surface area contributed by atoms with E-state index in [1.54, 1.807) is 6.07 Å². The smallest absolute Gasteiger partial charge is 0.214 e. The average molecular weight is 386 g/mol. The van der Waals surface area contributed by atoms with Crippen molar-refractivity contribution in [3.05, 3.63) is 23.3 Å². The second-order valence-electron chi connectivity index (χ2n) is 9.25. The Morgan fingerprint density at radius 2 is 1.86 bits per heavy atom. The molecule has 1 aromatic rings. The van der Waals surface area contributed by atoms with Crippen LogP contribution >= 0.6 is 0 Å². The summed E-state index contributed by atoms with van der Waals surface area (Å²) < 4.78 is 5.78. The van der Waals surface area contributed by atoms with Gasteiger partial charge in [-0.2, -0.15) is 0 Å². The molecule has 3 aliphatic rings. The first-order chi connectivity index (χ1) is 13.2. The molecule has 152 valence electrons. The molecule has 4 rings (SSSR count). The number of phenols is 1. The minimum atomic E-state index is -1.17. The first-order valence-electron chi connectivity index (χ1n) is 10.4. The minimum absolute atomic E-state index is 0.0124. The highest BCUT2D eigenvalue weighted by molar-refractivity contribution is 6.03.